The Hall–Kier alpha value is -0.870. The quantitative estimate of drug-likeness (QED) is 0.931. The maximum atomic E-state index is 11.6. The predicted octanol–water partition coefficient (Wildman–Crippen LogP) is 2.41. The van der Waals surface area contributed by atoms with Gasteiger partial charge in [0.2, 0.25) is 0 Å². The topological polar surface area (TPSA) is 46.2 Å². The molecule has 2 fully saturated rings. The molecule has 0 aromatic heterocycles. The SMILES string of the molecule is Cc1ccc(C2CC(NC3(C)CCS(=O)(=O)C3)C2)cc1. The van der Waals surface area contributed by atoms with Crippen molar-refractivity contribution in [3.05, 3.63) is 35.4 Å². The van der Waals surface area contributed by atoms with Crippen molar-refractivity contribution in [2.75, 3.05) is 11.5 Å². The number of hydrogen-bond acceptors (Lipinski definition) is 3. The average Bonchev–Trinajstić information content (AvgIpc) is 2.60. The number of sulfone groups is 1. The van der Waals surface area contributed by atoms with E-state index in [-0.39, 0.29) is 5.54 Å². The predicted molar refractivity (Wildman–Crippen MR) is 81.8 cm³/mol. The highest BCUT2D eigenvalue weighted by atomic mass is 32.2. The summed E-state index contributed by atoms with van der Waals surface area (Å²) in [6.07, 6.45) is 3.00. The fourth-order valence-corrected chi connectivity index (χ4v) is 5.57. The molecule has 1 heterocycles. The van der Waals surface area contributed by atoms with E-state index in [0.717, 1.165) is 19.3 Å². The van der Waals surface area contributed by atoms with E-state index in [4.69, 9.17) is 0 Å². The van der Waals surface area contributed by atoms with Crippen LogP contribution in [-0.2, 0) is 9.84 Å². The zero-order valence-corrected chi connectivity index (χ0v) is 13.0. The van der Waals surface area contributed by atoms with Crippen molar-refractivity contribution >= 4 is 9.84 Å². The Bertz CT molecular complexity index is 587. The van der Waals surface area contributed by atoms with Crippen LogP contribution in [0.3, 0.4) is 0 Å². The summed E-state index contributed by atoms with van der Waals surface area (Å²) in [7, 11) is -2.82. The molecule has 1 N–H and O–H groups in total. The maximum Gasteiger partial charge on any atom is 0.152 e. The van der Waals surface area contributed by atoms with Gasteiger partial charge in [0.05, 0.1) is 11.5 Å². The lowest BCUT2D eigenvalue weighted by Gasteiger charge is -2.41. The number of rotatable bonds is 3. The molecule has 0 spiro atoms. The highest BCUT2D eigenvalue weighted by Crippen LogP contribution is 2.38. The summed E-state index contributed by atoms with van der Waals surface area (Å²) < 4.78 is 23.2. The highest BCUT2D eigenvalue weighted by Gasteiger charge is 2.42. The molecule has 1 aromatic carbocycles. The third-order valence-electron chi connectivity index (χ3n) is 4.74. The van der Waals surface area contributed by atoms with Gasteiger partial charge < -0.3 is 5.32 Å². The molecule has 4 heteroatoms. The lowest BCUT2D eigenvalue weighted by molar-refractivity contribution is 0.227. The first-order chi connectivity index (χ1) is 9.35. The summed E-state index contributed by atoms with van der Waals surface area (Å²) in [6, 6.07) is 9.25. The molecule has 1 saturated heterocycles. The van der Waals surface area contributed by atoms with Gasteiger partial charge in [-0.25, -0.2) is 8.42 Å². The van der Waals surface area contributed by atoms with Crippen molar-refractivity contribution in [3.63, 3.8) is 0 Å². The fourth-order valence-electron chi connectivity index (χ4n) is 3.46. The van der Waals surface area contributed by atoms with E-state index in [2.05, 4.69) is 43.4 Å². The lowest BCUT2D eigenvalue weighted by Crippen LogP contribution is -2.53. The standard InChI is InChI=1S/C16H23NO2S/c1-12-3-5-13(6-4-12)14-9-15(10-14)17-16(2)7-8-20(18,19)11-16/h3-6,14-15,17H,7-11H2,1-2H3. The molecule has 110 valence electrons. The van der Waals surface area contributed by atoms with Crippen LogP contribution in [-0.4, -0.2) is 31.5 Å². The molecule has 1 aromatic rings. The van der Waals surface area contributed by atoms with Crippen molar-refractivity contribution in [1.29, 1.82) is 0 Å². The Morgan fingerprint density at radius 2 is 1.85 bits per heavy atom. The van der Waals surface area contributed by atoms with Crippen molar-refractivity contribution in [3.8, 4) is 0 Å². The first-order valence-corrected chi connectivity index (χ1v) is 9.22. The van der Waals surface area contributed by atoms with Crippen molar-refractivity contribution < 1.29 is 8.42 Å². The van der Waals surface area contributed by atoms with E-state index < -0.39 is 9.84 Å². The molecular weight excluding hydrogens is 270 g/mol. The zero-order valence-electron chi connectivity index (χ0n) is 12.2. The molecule has 0 amide bonds. The molecule has 1 unspecified atom stereocenters. The van der Waals surface area contributed by atoms with Crippen LogP contribution in [0.1, 0.15) is 43.2 Å². The van der Waals surface area contributed by atoms with Crippen LogP contribution in [0.4, 0.5) is 0 Å². The second-order valence-electron chi connectivity index (χ2n) is 6.82. The van der Waals surface area contributed by atoms with Gasteiger partial charge >= 0.3 is 0 Å². The third-order valence-corrected chi connectivity index (χ3v) is 6.65. The van der Waals surface area contributed by atoms with Crippen LogP contribution in [0, 0.1) is 6.92 Å². The Kier molecular flexibility index (Phi) is 3.41. The number of aryl methyl sites for hydroxylation is 1. The van der Waals surface area contributed by atoms with Crippen LogP contribution in [0.25, 0.3) is 0 Å². The summed E-state index contributed by atoms with van der Waals surface area (Å²) >= 11 is 0. The van der Waals surface area contributed by atoms with Gasteiger partial charge in [0, 0.05) is 11.6 Å². The van der Waals surface area contributed by atoms with Crippen molar-refractivity contribution in [2.45, 2.75) is 50.6 Å². The lowest BCUT2D eigenvalue weighted by atomic mass is 9.75. The normalized spacial score (nSPS) is 35.7. The van der Waals surface area contributed by atoms with E-state index in [9.17, 15) is 8.42 Å². The van der Waals surface area contributed by atoms with Crippen LogP contribution >= 0.6 is 0 Å². The average molecular weight is 293 g/mol. The van der Waals surface area contributed by atoms with Gasteiger partial charge in [-0.2, -0.15) is 0 Å². The number of nitrogens with one attached hydrogen (secondary N) is 1. The van der Waals surface area contributed by atoms with Gasteiger partial charge in [-0.15, -0.1) is 0 Å². The summed E-state index contributed by atoms with van der Waals surface area (Å²) in [5.74, 6) is 1.27. The highest BCUT2D eigenvalue weighted by molar-refractivity contribution is 7.91. The summed E-state index contributed by atoms with van der Waals surface area (Å²) in [5, 5.41) is 3.58. The Morgan fingerprint density at radius 3 is 2.40 bits per heavy atom. The molecule has 1 aliphatic heterocycles. The van der Waals surface area contributed by atoms with Gasteiger partial charge in [-0.1, -0.05) is 29.8 Å². The zero-order chi connectivity index (χ0) is 14.4. The van der Waals surface area contributed by atoms with Gasteiger partial charge in [-0.05, 0) is 44.6 Å². The largest absolute Gasteiger partial charge is 0.308 e. The van der Waals surface area contributed by atoms with Crippen molar-refractivity contribution in [1.82, 2.24) is 5.32 Å². The number of hydrogen-bond donors (Lipinski definition) is 1. The van der Waals surface area contributed by atoms with Crippen LogP contribution in [0.5, 0.6) is 0 Å². The van der Waals surface area contributed by atoms with Crippen LogP contribution in [0.15, 0.2) is 24.3 Å². The molecule has 1 atom stereocenters. The molecule has 0 bridgehead atoms. The van der Waals surface area contributed by atoms with Gasteiger partial charge in [-0.3, -0.25) is 0 Å². The van der Waals surface area contributed by atoms with Gasteiger partial charge in [0.25, 0.3) is 0 Å². The Balaban J connectivity index is 1.55. The fraction of sp³-hybridized carbons (Fsp3) is 0.625. The Labute approximate surface area is 121 Å². The second-order valence-corrected chi connectivity index (χ2v) is 9.01. The van der Waals surface area contributed by atoms with Crippen molar-refractivity contribution in [2.24, 2.45) is 0 Å². The summed E-state index contributed by atoms with van der Waals surface area (Å²) in [5.41, 5.74) is 2.51. The maximum absolute atomic E-state index is 11.6. The molecule has 3 nitrogen and oxygen atoms in total. The molecule has 2 aliphatic rings. The monoisotopic (exact) mass is 293 g/mol. The minimum Gasteiger partial charge on any atom is -0.308 e. The van der Waals surface area contributed by atoms with Gasteiger partial charge in [0.15, 0.2) is 9.84 Å². The van der Waals surface area contributed by atoms with E-state index in [1.54, 1.807) is 0 Å². The van der Waals surface area contributed by atoms with E-state index >= 15 is 0 Å². The molecule has 1 aliphatic carbocycles. The summed E-state index contributed by atoms with van der Waals surface area (Å²) in [6.45, 7) is 4.16. The molecule has 20 heavy (non-hydrogen) atoms. The first kappa shape index (κ1) is 14.1. The van der Waals surface area contributed by atoms with Gasteiger partial charge in [0.1, 0.15) is 0 Å². The Morgan fingerprint density at radius 1 is 1.20 bits per heavy atom. The molecule has 3 rings (SSSR count). The smallest absolute Gasteiger partial charge is 0.152 e. The van der Waals surface area contributed by atoms with E-state index in [1.807, 2.05) is 0 Å². The molecular formula is C16H23NO2S. The first-order valence-electron chi connectivity index (χ1n) is 7.40. The van der Waals surface area contributed by atoms with E-state index in [0.29, 0.717) is 23.5 Å². The minimum atomic E-state index is -2.82. The van der Waals surface area contributed by atoms with Crippen LogP contribution in [0.2, 0.25) is 0 Å². The molecule has 1 saturated carbocycles. The number of benzene rings is 1. The summed E-state index contributed by atoms with van der Waals surface area (Å²) in [4.78, 5) is 0. The van der Waals surface area contributed by atoms with Crippen LogP contribution < -0.4 is 5.32 Å². The minimum absolute atomic E-state index is 0.207. The second kappa shape index (κ2) is 4.85. The van der Waals surface area contributed by atoms with E-state index in [1.165, 1.54) is 11.1 Å². The molecule has 0 radical (unpaired) electrons. The third kappa shape index (κ3) is 2.91.